The van der Waals surface area contributed by atoms with Crippen LogP contribution >= 0.6 is 11.6 Å². The van der Waals surface area contributed by atoms with Gasteiger partial charge in [-0.3, -0.25) is 9.69 Å². The van der Waals surface area contributed by atoms with E-state index in [0.29, 0.717) is 24.4 Å². The summed E-state index contributed by atoms with van der Waals surface area (Å²) in [6, 6.07) is 5.85. The molecule has 140 valence electrons. The topological polar surface area (TPSA) is 90.6 Å². The Morgan fingerprint density at radius 1 is 1.21 bits per heavy atom. The number of benzene rings is 1. The zero-order chi connectivity index (χ0) is 19.1. The van der Waals surface area contributed by atoms with Crippen molar-refractivity contribution in [3.63, 3.8) is 0 Å². The van der Waals surface area contributed by atoms with Gasteiger partial charge in [-0.2, -0.15) is 0 Å². The smallest absolute Gasteiger partial charge is 0.254 e. The van der Waals surface area contributed by atoms with Gasteiger partial charge in [0.25, 0.3) is 5.56 Å². The van der Waals surface area contributed by atoms with Gasteiger partial charge in [-0.15, -0.1) is 0 Å². The molecule has 0 fully saturated rings. The van der Waals surface area contributed by atoms with Crippen LogP contribution in [0.25, 0.3) is 22.3 Å². The molecular formula is C20H17ClN6O. The van der Waals surface area contributed by atoms with E-state index in [1.165, 1.54) is 11.9 Å². The molecule has 0 aliphatic carbocycles. The predicted molar refractivity (Wildman–Crippen MR) is 107 cm³/mol. The number of hydrogen-bond donors (Lipinski definition) is 2. The average Bonchev–Trinajstić information content (AvgIpc) is 3.10. The van der Waals surface area contributed by atoms with E-state index >= 15 is 0 Å². The van der Waals surface area contributed by atoms with Crippen molar-refractivity contribution in [3.05, 3.63) is 75.3 Å². The molecule has 1 aliphatic rings. The van der Waals surface area contributed by atoms with Crippen LogP contribution in [0, 0.1) is 0 Å². The predicted octanol–water partition coefficient (Wildman–Crippen LogP) is 2.92. The van der Waals surface area contributed by atoms with Crippen molar-refractivity contribution < 1.29 is 0 Å². The van der Waals surface area contributed by atoms with E-state index in [2.05, 4.69) is 24.8 Å². The van der Waals surface area contributed by atoms with Crippen LogP contribution in [0.15, 0.2) is 47.9 Å². The molecular weight excluding hydrogens is 376 g/mol. The summed E-state index contributed by atoms with van der Waals surface area (Å²) >= 11 is 6.16. The highest BCUT2D eigenvalue weighted by Gasteiger charge is 2.22. The first kappa shape index (κ1) is 17.1. The van der Waals surface area contributed by atoms with Crippen LogP contribution in [0.3, 0.4) is 0 Å². The normalized spacial score (nSPS) is 14.3. The lowest BCUT2D eigenvalue weighted by molar-refractivity contribution is 0.241. The molecule has 1 aliphatic heterocycles. The summed E-state index contributed by atoms with van der Waals surface area (Å²) in [4.78, 5) is 33.7. The van der Waals surface area contributed by atoms with Gasteiger partial charge in [0.1, 0.15) is 12.2 Å². The SMILES string of the molecule is O=c1[nH]c(-c2cncnc2)nc2c1CCN(Cc1c[nH]c3ccc(Cl)cc13)C2. The molecule has 4 aromatic rings. The summed E-state index contributed by atoms with van der Waals surface area (Å²) in [6.45, 7) is 2.18. The first-order chi connectivity index (χ1) is 13.7. The molecule has 5 rings (SSSR count). The number of H-pyrrole nitrogens is 2. The van der Waals surface area contributed by atoms with Gasteiger partial charge in [0.05, 0.1) is 11.3 Å². The molecule has 0 spiro atoms. The maximum absolute atomic E-state index is 12.5. The Morgan fingerprint density at radius 3 is 2.93 bits per heavy atom. The van der Waals surface area contributed by atoms with Crippen molar-refractivity contribution >= 4 is 22.5 Å². The lowest BCUT2D eigenvalue weighted by Crippen LogP contribution is -2.35. The van der Waals surface area contributed by atoms with Gasteiger partial charge in [-0.1, -0.05) is 11.6 Å². The molecule has 1 aromatic carbocycles. The van der Waals surface area contributed by atoms with Crippen LogP contribution in [0.5, 0.6) is 0 Å². The van der Waals surface area contributed by atoms with E-state index in [-0.39, 0.29) is 5.56 Å². The van der Waals surface area contributed by atoms with Crippen molar-refractivity contribution in [1.29, 1.82) is 0 Å². The summed E-state index contributed by atoms with van der Waals surface area (Å²) in [7, 11) is 0. The van der Waals surface area contributed by atoms with Gasteiger partial charge in [0.15, 0.2) is 0 Å². The summed E-state index contributed by atoms with van der Waals surface area (Å²) in [5.41, 5.74) is 4.44. The number of halogens is 1. The van der Waals surface area contributed by atoms with E-state index in [4.69, 9.17) is 16.6 Å². The second kappa shape index (κ2) is 6.85. The monoisotopic (exact) mass is 392 g/mol. The number of rotatable bonds is 3. The van der Waals surface area contributed by atoms with Gasteiger partial charge in [0, 0.05) is 59.7 Å². The van der Waals surface area contributed by atoms with E-state index in [1.54, 1.807) is 12.4 Å². The van der Waals surface area contributed by atoms with E-state index < -0.39 is 0 Å². The number of aromatic nitrogens is 5. The first-order valence-electron chi connectivity index (χ1n) is 9.03. The van der Waals surface area contributed by atoms with Gasteiger partial charge < -0.3 is 9.97 Å². The zero-order valence-corrected chi connectivity index (χ0v) is 15.7. The molecule has 2 N–H and O–H groups in total. The summed E-state index contributed by atoms with van der Waals surface area (Å²) in [5.74, 6) is 0.505. The number of nitrogens with one attached hydrogen (secondary N) is 2. The standard InChI is InChI=1S/C20H17ClN6O/c21-14-1-2-17-16(5-14)13(8-24-17)9-27-4-3-15-18(10-27)25-19(26-20(15)28)12-6-22-11-23-7-12/h1-2,5-8,11,24H,3-4,9-10H2,(H,25,26,28). The summed E-state index contributed by atoms with van der Waals surface area (Å²) in [6.07, 6.45) is 7.44. The van der Waals surface area contributed by atoms with Gasteiger partial charge in [-0.05, 0) is 30.2 Å². The Bertz CT molecular complexity index is 1220. The van der Waals surface area contributed by atoms with Crippen LogP contribution in [-0.4, -0.2) is 36.4 Å². The van der Waals surface area contributed by atoms with Gasteiger partial charge in [-0.25, -0.2) is 15.0 Å². The minimum atomic E-state index is -0.0811. The van der Waals surface area contributed by atoms with Gasteiger partial charge >= 0.3 is 0 Å². The molecule has 8 heteroatoms. The maximum Gasteiger partial charge on any atom is 0.254 e. The first-order valence-corrected chi connectivity index (χ1v) is 9.40. The van der Waals surface area contributed by atoms with E-state index in [0.717, 1.165) is 40.3 Å². The third-order valence-electron chi connectivity index (χ3n) is 5.11. The minimum Gasteiger partial charge on any atom is -0.361 e. The average molecular weight is 393 g/mol. The van der Waals surface area contributed by atoms with Crippen molar-refractivity contribution in [3.8, 4) is 11.4 Å². The highest BCUT2D eigenvalue weighted by Crippen LogP contribution is 2.25. The Hall–Kier alpha value is -3.03. The molecule has 0 saturated heterocycles. The fourth-order valence-corrected chi connectivity index (χ4v) is 3.88. The second-order valence-electron chi connectivity index (χ2n) is 6.93. The number of aromatic amines is 2. The molecule has 0 bridgehead atoms. The molecule has 7 nitrogen and oxygen atoms in total. The highest BCUT2D eigenvalue weighted by molar-refractivity contribution is 6.31. The summed E-state index contributed by atoms with van der Waals surface area (Å²) in [5, 5.41) is 1.85. The second-order valence-corrected chi connectivity index (χ2v) is 7.37. The molecule has 0 unspecified atom stereocenters. The van der Waals surface area contributed by atoms with Crippen molar-refractivity contribution in [1.82, 2.24) is 29.8 Å². The largest absolute Gasteiger partial charge is 0.361 e. The van der Waals surface area contributed by atoms with Crippen LogP contribution in [0.1, 0.15) is 16.8 Å². The Labute approximate surface area is 165 Å². The minimum absolute atomic E-state index is 0.0811. The number of hydrogen-bond acceptors (Lipinski definition) is 5. The van der Waals surface area contributed by atoms with Crippen LogP contribution in [-0.2, 0) is 19.5 Å². The molecule has 28 heavy (non-hydrogen) atoms. The van der Waals surface area contributed by atoms with E-state index in [9.17, 15) is 4.79 Å². The molecule has 3 aromatic heterocycles. The number of fused-ring (bicyclic) bond motifs is 2. The fourth-order valence-electron chi connectivity index (χ4n) is 3.71. The molecule has 0 atom stereocenters. The van der Waals surface area contributed by atoms with Crippen LogP contribution in [0.2, 0.25) is 5.02 Å². The van der Waals surface area contributed by atoms with Gasteiger partial charge in [0.2, 0.25) is 0 Å². The highest BCUT2D eigenvalue weighted by atomic mass is 35.5. The number of nitrogens with zero attached hydrogens (tertiary/aromatic N) is 4. The molecule has 4 heterocycles. The third kappa shape index (κ3) is 3.08. The lowest BCUT2D eigenvalue weighted by atomic mass is 10.0. The van der Waals surface area contributed by atoms with Crippen LogP contribution in [0.4, 0.5) is 0 Å². The van der Waals surface area contributed by atoms with Crippen molar-refractivity contribution in [2.24, 2.45) is 0 Å². The third-order valence-corrected chi connectivity index (χ3v) is 5.35. The zero-order valence-electron chi connectivity index (χ0n) is 14.9. The van der Waals surface area contributed by atoms with Crippen molar-refractivity contribution in [2.45, 2.75) is 19.5 Å². The van der Waals surface area contributed by atoms with Crippen LogP contribution < -0.4 is 5.56 Å². The Morgan fingerprint density at radius 2 is 2.07 bits per heavy atom. The maximum atomic E-state index is 12.5. The van der Waals surface area contributed by atoms with E-state index in [1.807, 2.05) is 24.4 Å². The summed E-state index contributed by atoms with van der Waals surface area (Å²) < 4.78 is 0. The Balaban J connectivity index is 1.45. The molecule has 0 saturated carbocycles. The quantitative estimate of drug-likeness (QED) is 0.559. The molecule has 0 radical (unpaired) electrons. The fraction of sp³-hybridized carbons (Fsp3) is 0.200. The van der Waals surface area contributed by atoms with Crippen molar-refractivity contribution in [2.75, 3.05) is 6.54 Å². The lowest BCUT2D eigenvalue weighted by Gasteiger charge is -2.27. The molecule has 0 amide bonds. The Kier molecular flexibility index (Phi) is 4.18.